The van der Waals surface area contributed by atoms with Gasteiger partial charge in [0.2, 0.25) is 5.91 Å². The molecule has 7 nitrogen and oxygen atoms in total. The predicted octanol–water partition coefficient (Wildman–Crippen LogP) is -0.180. The third-order valence-corrected chi connectivity index (χ3v) is 4.90. The minimum absolute atomic E-state index is 0.133. The quantitative estimate of drug-likeness (QED) is 0.784. The fourth-order valence-corrected chi connectivity index (χ4v) is 3.67. The molecule has 0 radical (unpaired) electrons. The van der Waals surface area contributed by atoms with E-state index in [2.05, 4.69) is 10.1 Å². The number of hydrogen-bond acceptors (Lipinski definition) is 6. The Bertz CT molecular complexity index is 539. The van der Waals surface area contributed by atoms with E-state index in [4.69, 9.17) is 9.63 Å². The first-order valence-electron chi connectivity index (χ1n) is 7.75. The van der Waals surface area contributed by atoms with E-state index in [0.29, 0.717) is 19.5 Å². The van der Waals surface area contributed by atoms with Gasteiger partial charge in [0.25, 0.3) is 0 Å². The molecular weight excluding hydrogens is 286 g/mol. The van der Waals surface area contributed by atoms with Crippen molar-refractivity contribution in [1.29, 1.82) is 0 Å². The number of aliphatic hydroxyl groups excluding tert-OH is 2. The van der Waals surface area contributed by atoms with E-state index < -0.39 is 6.10 Å². The SMILES string of the molecule is Cc1noc(C)c1CN1C(=O)C[C@H]2[C@@H]1CCN2C[C@H](O)CO. The van der Waals surface area contributed by atoms with Crippen LogP contribution in [0.15, 0.2) is 4.52 Å². The van der Waals surface area contributed by atoms with Crippen molar-refractivity contribution in [2.75, 3.05) is 19.7 Å². The molecule has 0 spiro atoms. The maximum atomic E-state index is 12.4. The maximum absolute atomic E-state index is 12.4. The summed E-state index contributed by atoms with van der Waals surface area (Å²) in [5.41, 5.74) is 1.82. The van der Waals surface area contributed by atoms with E-state index in [1.54, 1.807) is 0 Å². The molecule has 122 valence electrons. The van der Waals surface area contributed by atoms with Gasteiger partial charge in [0.05, 0.1) is 24.9 Å². The molecule has 3 rings (SSSR count). The van der Waals surface area contributed by atoms with Crippen LogP contribution < -0.4 is 0 Å². The lowest BCUT2D eigenvalue weighted by molar-refractivity contribution is -0.129. The average molecular weight is 309 g/mol. The number of amides is 1. The summed E-state index contributed by atoms with van der Waals surface area (Å²) >= 11 is 0. The van der Waals surface area contributed by atoms with Gasteiger partial charge in [0, 0.05) is 37.2 Å². The molecule has 7 heteroatoms. The molecule has 1 amide bonds. The number of likely N-dealkylation sites (tertiary alicyclic amines) is 2. The number of aliphatic hydroxyl groups is 2. The number of hydrogen-bond donors (Lipinski definition) is 2. The Kier molecular flexibility index (Phi) is 4.20. The molecule has 1 aromatic rings. The molecule has 0 bridgehead atoms. The summed E-state index contributed by atoms with van der Waals surface area (Å²) in [7, 11) is 0. The summed E-state index contributed by atoms with van der Waals surface area (Å²) in [6, 6.07) is 0.307. The van der Waals surface area contributed by atoms with Gasteiger partial charge in [-0.05, 0) is 20.3 Å². The van der Waals surface area contributed by atoms with Crippen LogP contribution >= 0.6 is 0 Å². The van der Waals surface area contributed by atoms with E-state index in [-0.39, 0.29) is 24.6 Å². The van der Waals surface area contributed by atoms with E-state index >= 15 is 0 Å². The molecular formula is C15H23N3O4. The van der Waals surface area contributed by atoms with Gasteiger partial charge >= 0.3 is 0 Å². The smallest absolute Gasteiger partial charge is 0.224 e. The Morgan fingerprint density at radius 2 is 2.18 bits per heavy atom. The highest BCUT2D eigenvalue weighted by Gasteiger charge is 2.47. The molecule has 2 fully saturated rings. The Balaban J connectivity index is 1.72. The number of aryl methyl sites for hydroxylation is 2. The van der Waals surface area contributed by atoms with Crippen LogP contribution in [-0.4, -0.2) is 69.0 Å². The van der Waals surface area contributed by atoms with Crippen molar-refractivity contribution in [2.45, 2.75) is 51.4 Å². The Morgan fingerprint density at radius 1 is 1.41 bits per heavy atom. The summed E-state index contributed by atoms with van der Waals surface area (Å²) in [5, 5.41) is 22.6. The highest BCUT2D eigenvalue weighted by atomic mass is 16.5. The molecule has 0 unspecified atom stereocenters. The monoisotopic (exact) mass is 309 g/mol. The van der Waals surface area contributed by atoms with Crippen molar-refractivity contribution < 1.29 is 19.5 Å². The van der Waals surface area contributed by atoms with E-state index in [0.717, 1.165) is 30.0 Å². The molecule has 0 saturated carbocycles. The second-order valence-corrected chi connectivity index (χ2v) is 6.28. The number of fused-ring (bicyclic) bond motifs is 1. The van der Waals surface area contributed by atoms with Crippen molar-refractivity contribution in [2.24, 2.45) is 0 Å². The lowest BCUT2D eigenvalue weighted by Crippen LogP contribution is -2.40. The predicted molar refractivity (Wildman–Crippen MR) is 78.0 cm³/mol. The molecule has 0 aromatic carbocycles. The summed E-state index contributed by atoms with van der Waals surface area (Å²) in [5.74, 6) is 0.900. The molecule has 2 saturated heterocycles. The molecule has 0 aliphatic carbocycles. The summed E-state index contributed by atoms with van der Waals surface area (Å²) in [6.07, 6.45) is 0.634. The van der Waals surface area contributed by atoms with Crippen LogP contribution in [0.3, 0.4) is 0 Å². The van der Waals surface area contributed by atoms with E-state index in [1.165, 1.54) is 0 Å². The van der Waals surface area contributed by atoms with Crippen LogP contribution in [0.5, 0.6) is 0 Å². The normalized spacial score (nSPS) is 26.7. The van der Waals surface area contributed by atoms with Crippen molar-refractivity contribution in [3.8, 4) is 0 Å². The Morgan fingerprint density at radius 3 is 2.82 bits per heavy atom. The first-order chi connectivity index (χ1) is 10.5. The summed E-state index contributed by atoms with van der Waals surface area (Å²) in [4.78, 5) is 16.4. The third-order valence-electron chi connectivity index (χ3n) is 4.90. The number of carbonyl (C=O) groups excluding carboxylic acids is 1. The number of nitrogens with zero attached hydrogens (tertiary/aromatic N) is 3. The van der Waals surface area contributed by atoms with E-state index in [9.17, 15) is 9.90 Å². The third kappa shape index (κ3) is 2.64. The molecule has 2 aliphatic rings. The highest BCUT2D eigenvalue weighted by molar-refractivity contribution is 5.80. The van der Waals surface area contributed by atoms with Crippen molar-refractivity contribution in [3.63, 3.8) is 0 Å². The second kappa shape index (κ2) is 5.98. The van der Waals surface area contributed by atoms with Gasteiger partial charge in [-0.15, -0.1) is 0 Å². The van der Waals surface area contributed by atoms with Crippen LogP contribution in [0.4, 0.5) is 0 Å². The van der Waals surface area contributed by atoms with Gasteiger partial charge in [0.1, 0.15) is 5.76 Å². The second-order valence-electron chi connectivity index (χ2n) is 6.28. The van der Waals surface area contributed by atoms with Crippen molar-refractivity contribution in [3.05, 3.63) is 17.0 Å². The van der Waals surface area contributed by atoms with Crippen LogP contribution in [0.1, 0.15) is 29.9 Å². The van der Waals surface area contributed by atoms with Gasteiger partial charge in [-0.2, -0.15) is 0 Å². The van der Waals surface area contributed by atoms with Crippen LogP contribution in [-0.2, 0) is 11.3 Å². The largest absolute Gasteiger partial charge is 0.394 e. The van der Waals surface area contributed by atoms with Gasteiger partial charge < -0.3 is 19.6 Å². The van der Waals surface area contributed by atoms with Crippen LogP contribution in [0.25, 0.3) is 0 Å². The standard InChI is InChI=1S/C15H23N3O4/c1-9-12(10(2)22-16-9)7-18-13-3-4-17(6-11(20)8-19)14(13)5-15(18)21/h11,13-14,19-20H,3-8H2,1-2H3/t11-,13-,14-/m0/s1. The molecule has 2 N–H and O–H groups in total. The molecule has 1 aromatic heterocycles. The number of carbonyl (C=O) groups is 1. The Labute approximate surface area is 129 Å². The number of aromatic nitrogens is 1. The van der Waals surface area contributed by atoms with Crippen LogP contribution in [0.2, 0.25) is 0 Å². The maximum Gasteiger partial charge on any atom is 0.224 e. The Hall–Kier alpha value is -1.44. The lowest BCUT2D eigenvalue weighted by atomic mass is 10.1. The molecule has 3 atom stereocenters. The van der Waals surface area contributed by atoms with Gasteiger partial charge in [-0.1, -0.05) is 5.16 Å². The fourth-order valence-electron chi connectivity index (χ4n) is 3.67. The van der Waals surface area contributed by atoms with Gasteiger partial charge in [-0.25, -0.2) is 0 Å². The lowest BCUT2D eigenvalue weighted by Gasteiger charge is -2.26. The molecule has 3 heterocycles. The zero-order valence-corrected chi connectivity index (χ0v) is 13.0. The van der Waals surface area contributed by atoms with Crippen molar-refractivity contribution >= 4 is 5.91 Å². The summed E-state index contributed by atoms with van der Waals surface area (Å²) < 4.78 is 5.18. The molecule has 22 heavy (non-hydrogen) atoms. The topological polar surface area (TPSA) is 90.0 Å². The zero-order chi connectivity index (χ0) is 15.9. The minimum Gasteiger partial charge on any atom is -0.394 e. The summed E-state index contributed by atoms with van der Waals surface area (Å²) in [6.45, 7) is 5.32. The van der Waals surface area contributed by atoms with Gasteiger partial charge in [-0.3, -0.25) is 9.69 Å². The fraction of sp³-hybridized carbons (Fsp3) is 0.733. The van der Waals surface area contributed by atoms with Crippen molar-refractivity contribution in [1.82, 2.24) is 15.0 Å². The number of rotatable bonds is 5. The van der Waals surface area contributed by atoms with Gasteiger partial charge in [0.15, 0.2) is 0 Å². The number of β-amino-alcohol motifs (C(OH)–C–C–N with tert-alkyl or cyclic N) is 1. The van der Waals surface area contributed by atoms with E-state index in [1.807, 2.05) is 18.7 Å². The minimum atomic E-state index is -0.745. The highest BCUT2D eigenvalue weighted by Crippen LogP contribution is 2.34. The first kappa shape index (κ1) is 15.5. The average Bonchev–Trinajstić information content (AvgIpc) is 3.11. The van der Waals surface area contributed by atoms with Crippen LogP contribution in [0, 0.1) is 13.8 Å². The first-order valence-corrected chi connectivity index (χ1v) is 7.75. The molecule has 2 aliphatic heterocycles. The zero-order valence-electron chi connectivity index (χ0n) is 13.0.